The Bertz CT molecular complexity index is 247. The first kappa shape index (κ1) is 7.65. The van der Waals surface area contributed by atoms with E-state index in [4.69, 9.17) is 10.3 Å². The van der Waals surface area contributed by atoms with Gasteiger partial charge in [-0.1, -0.05) is 5.11 Å². The molecule has 4 fully saturated rings. The molecular formula is C9H13N3O. The first-order valence-electron chi connectivity index (χ1n) is 5.01. The molecule has 0 N–H and O–H groups in total. The van der Waals surface area contributed by atoms with Crippen LogP contribution in [0.3, 0.4) is 0 Å². The maximum absolute atomic E-state index is 8.54. The molecule has 0 aromatic carbocycles. The Labute approximate surface area is 76.9 Å². The largest absolute Gasteiger partial charge is 0.375 e. The molecule has 13 heavy (non-hydrogen) atoms. The van der Waals surface area contributed by atoms with Gasteiger partial charge in [-0.05, 0) is 43.6 Å². The van der Waals surface area contributed by atoms with Crippen molar-refractivity contribution < 1.29 is 4.74 Å². The highest BCUT2D eigenvalue weighted by Crippen LogP contribution is 2.51. The molecule has 0 amide bonds. The first-order chi connectivity index (χ1) is 6.30. The van der Waals surface area contributed by atoms with Crippen LogP contribution in [0.15, 0.2) is 5.11 Å². The summed E-state index contributed by atoms with van der Waals surface area (Å²) in [5, 5.41) is 4.02. The SMILES string of the molecule is [N-]=[N+]=NC12CC3CC(C1)OC(C3)C2. The van der Waals surface area contributed by atoms with E-state index in [1.165, 1.54) is 12.8 Å². The van der Waals surface area contributed by atoms with Crippen LogP contribution in [-0.4, -0.2) is 17.7 Å². The minimum Gasteiger partial charge on any atom is -0.375 e. The molecule has 4 aliphatic rings. The maximum Gasteiger partial charge on any atom is 0.0588 e. The molecule has 0 radical (unpaired) electrons. The van der Waals surface area contributed by atoms with Crippen molar-refractivity contribution in [1.29, 1.82) is 0 Å². The molecule has 0 aromatic heterocycles. The van der Waals surface area contributed by atoms with Crippen molar-refractivity contribution >= 4 is 0 Å². The Balaban J connectivity index is 1.95. The smallest absolute Gasteiger partial charge is 0.0588 e. The second kappa shape index (κ2) is 2.40. The van der Waals surface area contributed by atoms with Gasteiger partial charge in [0.25, 0.3) is 0 Å². The topological polar surface area (TPSA) is 58.0 Å². The predicted molar refractivity (Wildman–Crippen MR) is 47.1 cm³/mol. The Kier molecular flexibility index (Phi) is 1.41. The lowest BCUT2D eigenvalue weighted by molar-refractivity contribution is -0.162. The molecule has 2 aliphatic carbocycles. The van der Waals surface area contributed by atoms with Gasteiger partial charge in [0.2, 0.25) is 0 Å². The van der Waals surface area contributed by atoms with Gasteiger partial charge < -0.3 is 4.74 Å². The van der Waals surface area contributed by atoms with Crippen LogP contribution in [-0.2, 0) is 4.74 Å². The Morgan fingerprint density at radius 3 is 2.46 bits per heavy atom. The second-order valence-electron chi connectivity index (χ2n) is 4.74. The minimum absolute atomic E-state index is 0.0660. The van der Waals surface area contributed by atoms with Crippen LogP contribution < -0.4 is 0 Å². The molecule has 2 unspecified atom stereocenters. The molecular weight excluding hydrogens is 166 g/mol. The zero-order valence-electron chi connectivity index (χ0n) is 7.52. The third-order valence-corrected chi connectivity index (χ3v) is 3.72. The third kappa shape index (κ3) is 1.06. The van der Waals surface area contributed by atoms with Crippen molar-refractivity contribution in [2.75, 3.05) is 0 Å². The summed E-state index contributed by atoms with van der Waals surface area (Å²) in [7, 11) is 0. The van der Waals surface area contributed by atoms with Crippen LogP contribution in [0.4, 0.5) is 0 Å². The zero-order chi connectivity index (χ0) is 8.89. The summed E-state index contributed by atoms with van der Waals surface area (Å²) >= 11 is 0. The molecule has 4 rings (SSSR count). The van der Waals surface area contributed by atoms with Crippen molar-refractivity contribution in [1.82, 2.24) is 0 Å². The summed E-state index contributed by atoms with van der Waals surface area (Å²) in [5.74, 6) is 0.761. The highest BCUT2D eigenvalue weighted by Gasteiger charge is 2.51. The quantitative estimate of drug-likeness (QED) is 0.346. The standard InChI is InChI=1S/C9H13N3O/c10-12-11-9-3-6-1-7(4-9)13-8(2-6)5-9/h6-8H,1-5H2. The monoisotopic (exact) mass is 179 g/mol. The van der Waals surface area contributed by atoms with Gasteiger partial charge in [-0.2, -0.15) is 0 Å². The lowest BCUT2D eigenvalue weighted by Crippen LogP contribution is -2.54. The fourth-order valence-corrected chi connectivity index (χ4v) is 3.50. The van der Waals surface area contributed by atoms with Gasteiger partial charge >= 0.3 is 0 Å². The van der Waals surface area contributed by atoms with Crippen molar-refractivity contribution in [3.05, 3.63) is 10.4 Å². The number of rotatable bonds is 1. The lowest BCUT2D eigenvalue weighted by atomic mass is 9.63. The number of hydrogen-bond acceptors (Lipinski definition) is 2. The van der Waals surface area contributed by atoms with Gasteiger partial charge in [0.1, 0.15) is 0 Å². The van der Waals surface area contributed by atoms with E-state index in [2.05, 4.69) is 10.0 Å². The van der Waals surface area contributed by atoms with E-state index in [1.807, 2.05) is 0 Å². The summed E-state index contributed by atoms with van der Waals surface area (Å²) in [6.07, 6.45) is 6.19. The van der Waals surface area contributed by atoms with Crippen molar-refractivity contribution in [3.63, 3.8) is 0 Å². The van der Waals surface area contributed by atoms with E-state index < -0.39 is 0 Å². The van der Waals surface area contributed by atoms with E-state index in [0.717, 1.165) is 25.2 Å². The van der Waals surface area contributed by atoms with E-state index in [9.17, 15) is 0 Å². The van der Waals surface area contributed by atoms with Crippen LogP contribution in [0.2, 0.25) is 0 Å². The van der Waals surface area contributed by atoms with Crippen LogP contribution >= 0.6 is 0 Å². The van der Waals surface area contributed by atoms with Crippen molar-refractivity contribution in [2.24, 2.45) is 11.0 Å². The summed E-state index contributed by atoms with van der Waals surface area (Å²) in [4.78, 5) is 3.00. The number of hydrogen-bond donors (Lipinski definition) is 0. The molecule has 4 heteroatoms. The summed E-state index contributed by atoms with van der Waals surface area (Å²) < 4.78 is 5.81. The van der Waals surface area contributed by atoms with Gasteiger partial charge in [0, 0.05) is 4.91 Å². The average Bonchev–Trinajstić information content (AvgIpc) is 2.00. The number of ether oxygens (including phenoxy) is 1. The van der Waals surface area contributed by atoms with Gasteiger partial charge in [-0.15, -0.1) is 0 Å². The predicted octanol–water partition coefficient (Wildman–Crippen LogP) is 2.40. The molecule has 2 saturated heterocycles. The van der Waals surface area contributed by atoms with Gasteiger partial charge in [0.15, 0.2) is 0 Å². The zero-order valence-corrected chi connectivity index (χ0v) is 7.52. The molecule has 4 nitrogen and oxygen atoms in total. The van der Waals surface area contributed by atoms with Crippen LogP contribution in [0.25, 0.3) is 10.4 Å². The van der Waals surface area contributed by atoms with Gasteiger partial charge in [-0.3, -0.25) is 0 Å². The first-order valence-corrected chi connectivity index (χ1v) is 5.01. The molecule has 70 valence electrons. The van der Waals surface area contributed by atoms with E-state index in [-0.39, 0.29) is 5.54 Å². The third-order valence-electron chi connectivity index (χ3n) is 3.72. The van der Waals surface area contributed by atoms with Crippen LogP contribution in [0, 0.1) is 5.92 Å². The molecule has 2 heterocycles. The molecule has 0 spiro atoms. The fraction of sp³-hybridized carbons (Fsp3) is 1.00. The molecule has 0 aromatic rings. The van der Waals surface area contributed by atoms with Crippen molar-refractivity contribution in [2.45, 2.75) is 49.9 Å². The summed E-state index contributed by atoms with van der Waals surface area (Å²) in [5.41, 5.74) is 8.48. The highest BCUT2D eigenvalue weighted by molar-refractivity contribution is 5.06. The number of nitrogens with zero attached hydrogens (tertiary/aromatic N) is 3. The molecule has 2 aliphatic heterocycles. The molecule has 2 atom stereocenters. The Morgan fingerprint density at radius 2 is 1.92 bits per heavy atom. The Morgan fingerprint density at radius 1 is 1.23 bits per heavy atom. The van der Waals surface area contributed by atoms with E-state index in [0.29, 0.717) is 12.2 Å². The fourth-order valence-electron chi connectivity index (χ4n) is 3.50. The highest BCUT2D eigenvalue weighted by atomic mass is 16.5. The van der Waals surface area contributed by atoms with Crippen molar-refractivity contribution in [3.8, 4) is 0 Å². The molecule has 4 bridgehead atoms. The maximum atomic E-state index is 8.54. The Hall–Kier alpha value is -0.730. The minimum atomic E-state index is -0.0660. The average molecular weight is 179 g/mol. The molecule has 2 saturated carbocycles. The van der Waals surface area contributed by atoms with Crippen LogP contribution in [0.5, 0.6) is 0 Å². The van der Waals surface area contributed by atoms with Gasteiger partial charge in [-0.25, -0.2) is 0 Å². The van der Waals surface area contributed by atoms with E-state index >= 15 is 0 Å². The second-order valence-corrected chi connectivity index (χ2v) is 4.74. The normalized spacial score (nSPS) is 51.8. The summed E-state index contributed by atoms with van der Waals surface area (Å²) in [6, 6.07) is 0. The van der Waals surface area contributed by atoms with Gasteiger partial charge in [0.05, 0.1) is 17.7 Å². The number of azide groups is 1. The summed E-state index contributed by atoms with van der Waals surface area (Å²) in [6.45, 7) is 0. The lowest BCUT2D eigenvalue weighted by Gasteiger charge is -2.54. The van der Waals surface area contributed by atoms with Crippen LogP contribution in [0.1, 0.15) is 32.1 Å². The van der Waals surface area contributed by atoms with E-state index in [1.54, 1.807) is 0 Å².